The first-order chi connectivity index (χ1) is 9.16. The van der Waals surface area contributed by atoms with Crippen LogP contribution in [-0.4, -0.2) is 28.2 Å². The van der Waals surface area contributed by atoms with Crippen molar-refractivity contribution in [2.24, 2.45) is 0 Å². The molecule has 1 saturated heterocycles. The molecule has 1 aliphatic rings. The zero-order valence-corrected chi connectivity index (χ0v) is 11.3. The molecule has 1 aliphatic heterocycles. The van der Waals surface area contributed by atoms with Crippen LogP contribution in [0.3, 0.4) is 0 Å². The Morgan fingerprint density at radius 3 is 2.70 bits per heavy atom. The Morgan fingerprint density at radius 2 is 2.10 bits per heavy atom. The van der Waals surface area contributed by atoms with Gasteiger partial charge in [0.25, 0.3) is 0 Å². The van der Waals surface area contributed by atoms with E-state index in [0.29, 0.717) is 19.4 Å². The summed E-state index contributed by atoms with van der Waals surface area (Å²) in [5, 5.41) is 2.98. The van der Waals surface area contributed by atoms with Crippen molar-refractivity contribution in [3.63, 3.8) is 0 Å². The van der Waals surface area contributed by atoms with E-state index in [1.807, 2.05) is 13.8 Å². The number of nitrogens with one attached hydrogen (secondary N) is 1. The minimum atomic E-state index is -4.61. The summed E-state index contributed by atoms with van der Waals surface area (Å²) in [7, 11) is 0. The molecule has 8 heteroatoms. The van der Waals surface area contributed by atoms with E-state index in [1.54, 1.807) is 0 Å². The molecular formula is C12H17F3N4O. The number of nitrogens with two attached hydrogens (primary N) is 1. The maximum Gasteiger partial charge on any atom is 0.451 e. The lowest BCUT2D eigenvalue weighted by Gasteiger charge is -2.36. The van der Waals surface area contributed by atoms with E-state index in [-0.39, 0.29) is 23.3 Å². The molecule has 2 heterocycles. The minimum absolute atomic E-state index is 0.00543. The Bertz CT molecular complexity index is 490. The summed E-state index contributed by atoms with van der Waals surface area (Å²) >= 11 is 0. The van der Waals surface area contributed by atoms with Gasteiger partial charge in [0.2, 0.25) is 5.82 Å². The van der Waals surface area contributed by atoms with Gasteiger partial charge in [0.1, 0.15) is 11.6 Å². The molecule has 1 unspecified atom stereocenters. The Labute approximate surface area is 114 Å². The normalized spacial score (nSPS) is 22.6. The van der Waals surface area contributed by atoms with Crippen LogP contribution in [0.5, 0.6) is 0 Å². The van der Waals surface area contributed by atoms with Crippen molar-refractivity contribution in [2.75, 3.05) is 17.7 Å². The molecule has 0 aromatic carbocycles. The Balaban J connectivity index is 2.15. The van der Waals surface area contributed by atoms with Crippen molar-refractivity contribution in [3.8, 4) is 0 Å². The van der Waals surface area contributed by atoms with Crippen molar-refractivity contribution < 1.29 is 17.9 Å². The number of nitrogen functional groups attached to an aromatic ring is 1. The summed E-state index contributed by atoms with van der Waals surface area (Å²) < 4.78 is 43.4. The van der Waals surface area contributed by atoms with Crippen LogP contribution in [0.15, 0.2) is 6.07 Å². The molecule has 0 saturated carbocycles. The van der Waals surface area contributed by atoms with Crippen molar-refractivity contribution in [3.05, 3.63) is 11.9 Å². The molecule has 112 valence electrons. The smallest absolute Gasteiger partial charge is 0.384 e. The van der Waals surface area contributed by atoms with Crippen LogP contribution in [0, 0.1) is 0 Å². The highest BCUT2D eigenvalue weighted by Gasteiger charge is 2.36. The molecule has 20 heavy (non-hydrogen) atoms. The van der Waals surface area contributed by atoms with Gasteiger partial charge >= 0.3 is 6.18 Å². The van der Waals surface area contributed by atoms with Gasteiger partial charge in [-0.15, -0.1) is 0 Å². The number of anilines is 2. The average Bonchev–Trinajstić information content (AvgIpc) is 2.25. The summed E-state index contributed by atoms with van der Waals surface area (Å²) in [6.07, 6.45) is -3.23. The summed E-state index contributed by atoms with van der Waals surface area (Å²) in [6.45, 7) is 4.43. The number of hydrogen-bond donors (Lipinski definition) is 2. The molecule has 2 rings (SSSR count). The first kappa shape index (κ1) is 14.8. The zero-order valence-electron chi connectivity index (χ0n) is 11.3. The van der Waals surface area contributed by atoms with Crippen LogP contribution in [-0.2, 0) is 10.9 Å². The molecule has 5 nitrogen and oxygen atoms in total. The number of aromatic nitrogens is 2. The van der Waals surface area contributed by atoms with Crippen LogP contribution < -0.4 is 11.1 Å². The topological polar surface area (TPSA) is 73.1 Å². The summed E-state index contributed by atoms with van der Waals surface area (Å²) in [6, 6.07) is 1.30. The first-order valence-electron chi connectivity index (χ1n) is 6.28. The zero-order chi connectivity index (χ0) is 15.0. The van der Waals surface area contributed by atoms with Crippen LogP contribution in [0.25, 0.3) is 0 Å². The largest absolute Gasteiger partial charge is 0.451 e. The second-order valence-electron chi connectivity index (χ2n) is 5.44. The van der Waals surface area contributed by atoms with E-state index in [2.05, 4.69) is 15.3 Å². The quantitative estimate of drug-likeness (QED) is 0.875. The molecule has 0 amide bonds. The third kappa shape index (κ3) is 3.72. The van der Waals surface area contributed by atoms with E-state index in [4.69, 9.17) is 10.5 Å². The van der Waals surface area contributed by atoms with Crippen LogP contribution in [0.1, 0.15) is 32.5 Å². The van der Waals surface area contributed by atoms with E-state index in [1.165, 1.54) is 6.07 Å². The Hall–Kier alpha value is -1.57. The summed E-state index contributed by atoms with van der Waals surface area (Å²) in [5.74, 6) is -1.35. The predicted molar refractivity (Wildman–Crippen MR) is 68.1 cm³/mol. The predicted octanol–water partition coefficient (Wildman–Crippen LogP) is 2.45. The Kier molecular flexibility index (Phi) is 3.77. The second-order valence-corrected chi connectivity index (χ2v) is 5.44. The molecular weight excluding hydrogens is 273 g/mol. The molecule has 1 aromatic rings. The first-order valence-corrected chi connectivity index (χ1v) is 6.28. The third-order valence-electron chi connectivity index (χ3n) is 3.05. The highest BCUT2D eigenvalue weighted by Crippen LogP contribution is 2.29. The van der Waals surface area contributed by atoms with Crippen molar-refractivity contribution in [1.82, 2.24) is 9.97 Å². The van der Waals surface area contributed by atoms with Crippen LogP contribution >= 0.6 is 0 Å². The monoisotopic (exact) mass is 290 g/mol. The van der Waals surface area contributed by atoms with Crippen molar-refractivity contribution in [2.45, 2.75) is 44.5 Å². The van der Waals surface area contributed by atoms with E-state index in [0.717, 1.165) is 0 Å². The van der Waals surface area contributed by atoms with Crippen LogP contribution in [0.4, 0.5) is 24.8 Å². The fourth-order valence-corrected chi connectivity index (χ4v) is 2.23. The number of ether oxygens (including phenoxy) is 1. The second kappa shape index (κ2) is 5.08. The fourth-order valence-electron chi connectivity index (χ4n) is 2.23. The highest BCUT2D eigenvalue weighted by atomic mass is 19.4. The molecule has 1 atom stereocenters. The number of halogens is 3. The van der Waals surface area contributed by atoms with Gasteiger partial charge in [-0.2, -0.15) is 13.2 Å². The van der Waals surface area contributed by atoms with Gasteiger partial charge in [0.05, 0.1) is 5.60 Å². The minimum Gasteiger partial charge on any atom is -0.384 e. The van der Waals surface area contributed by atoms with Gasteiger partial charge in [-0.1, -0.05) is 0 Å². The van der Waals surface area contributed by atoms with Crippen molar-refractivity contribution in [1.29, 1.82) is 0 Å². The summed E-state index contributed by atoms with van der Waals surface area (Å²) in [4.78, 5) is 6.68. The Morgan fingerprint density at radius 1 is 1.40 bits per heavy atom. The van der Waals surface area contributed by atoms with E-state index in [9.17, 15) is 13.2 Å². The fraction of sp³-hybridized carbons (Fsp3) is 0.667. The van der Waals surface area contributed by atoms with E-state index >= 15 is 0 Å². The third-order valence-corrected chi connectivity index (χ3v) is 3.05. The number of hydrogen-bond acceptors (Lipinski definition) is 5. The molecule has 0 aliphatic carbocycles. The number of rotatable bonds is 2. The molecule has 3 N–H and O–H groups in total. The molecule has 1 aromatic heterocycles. The summed E-state index contributed by atoms with van der Waals surface area (Å²) in [5.41, 5.74) is 5.09. The van der Waals surface area contributed by atoms with Gasteiger partial charge < -0.3 is 15.8 Å². The average molecular weight is 290 g/mol. The van der Waals surface area contributed by atoms with Gasteiger partial charge in [-0.05, 0) is 26.7 Å². The maximum absolute atomic E-state index is 12.6. The molecule has 0 bridgehead atoms. The van der Waals surface area contributed by atoms with Gasteiger partial charge in [-0.3, -0.25) is 0 Å². The van der Waals surface area contributed by atoms with Crippen molar-refractivity contribution >= 4 is 11.6 Å². The van der Waals surface area contributed by atoms with Gasteiger partial charge in [0, 0.05) is 18.7 Å². The van der Waals surface area contributed by atoms with Crippen LogP contribution in [0.2, 0.25) is 0 Å². The maximum atomic E-state index is 12.6. The van der Waals surface area contributed by atoms with E-state index < -0.39 is 12.0 Å². The molecule has 0 radical (unpaired) electrons. The standard InChI is InChI=1S/C12H17F3N4O/c1-11(2)6-7(3-4-20-11)17-9-5-8(16)18-10(19-9)12(13,14)15/h5,7H,3-4,6H2,1-2H3,(H3,16,17,18,19). The highest BCUT2D eigenvalue weighted by molar-refractivity contribution is 5.45. The molecule has 0 spiro atoms. The van der Waals surface area contributed by atoms with Gasteiger partial charge in [0.15, 0.2) is 0 Å². The van der Waals surface area contributed by atoms with Gasteiger partial charge in [-0.25, -0.2) is 9.97 Å². The molecule has 1 fully saturated rings. The lowest BCUT2D eigenvalue weighted by atomic mass is 9.94. The number of nitrogens with zero attached hydrogens (tertiary/aromatic N) is 2. The number of alkyl halides is 3. The lowest BCUT2D eigenvalue weighted by Crippen LogP contribution is -2.40. The lowest BCUT2D eigenvalue weighted by molar-refractivity contribution is -0.144. The SMILES string of the molecule is CC1(C)CC(Nc2cc(N)nc(C(F)(F)F)n2)CCO1.